The second-order valence-electron chi connectivity index (χ2n) is 3.58. The maximum absolute atomic E-state index is 12.3. The molecule has 92 valence electrons. The van der Waals surface area contributed by atoms with Gasteiger partial charge in [0.1, 0.15) is 0 Å². The van der Waals surface area contributed by atoms with Gasteiger partial charge in [-0.05, 0) is 13.5 Å². The minimum atomic E-state index is -4.20. The van der Waals surface area contributed by atoms with Gasteiger partial charge < -0.3 is 15.4 Å². The third kappa shape index (κ3) is 6.70. The summed E-state index contributed by atoms with van der Waals surface area (Å²) < 4.78 is 41.8. The number of ether oxygens (including phenoxy) is 1. The second kappa shape index (κ2) is 7.03. The van der Waals surface area contributed by atoms with E-state index in [0.29, 0.717) is 13.2 Å². The van der Waals surface area contributed by atoms with Crippen molar-refractivity contribution >= 4 is 0 Å². The number of hydrogen-bond donors (Lipinski definition) is 1. The van der Waals surface area contributed by atoms with Crippen molar-refractivity contribution in [3.63, 3.8) is 0 Å². The summed E-state index contributed by atoms with van der Waals surface area (Å²) in [5.74, 6) is -1.44. The summed E-state index contributed by atoms with van der Waals surface area (Å²) in [5, 5.41) is 0. The van der Waals surface area contributed by atoms with Crippen LogP contribution in [0.2, 0.25) is 0 Å². The maximum atomic E-state index is 12.3. The van der Waals surface area contributed by atoms with Gasteiger partial charge >= 0.3 is 6.18 Å². The number of nitrogens with zero attached hydrogens (tertiary/aromatic N) is 1. The van der Waals surface area contributed by atoms with Crippen molar-refractivity contribution in [2.24, 2.45) is 11.7 Å². The molecule has 1 unspecified atom stereocenters. The molecule has 0 rings (SSSR count). The van der Waals surface area contributed by atoms with E-state index in [1.54, 1.807) is 19.1 Å². The lowest BCUT2D eigenvalue weighted by Gasteiger charge is -2.24. The van der Waals surface area contributed by atoms with Crippen molar-refractivity contribution in [2.75, 3.05) is 40.4 Å². The molecule has 0 aromatic heterocycles. The molecule has 0 heterocycles. The monoisotopic (exact) mass is 228 g/mol. The average molecular weight is 228 g/mol. The van der Waals surface area contributed by atoms with E-state index in [9.17, 15) is 13.2 Å². The Morgan fingerprint density at radius 2 is 2.00 bits per heavy atom. The van der Waals surface area contributed by atoms with Crippen LogP contribution in [0.3, 0.4) is 0 Å². The third-order valence-electron chi connectivity index (χ3n) is 2.17. The zero-order chi connectivity index (χ0) is 11.9. The molecule has 0 aromatic carbocycles. The van der Waals surface area contributed by atoms with Crippen LogP contribution < -0.4 is 5.73 Å². The van der Waals surface area contributed by atoms with E-state index < -0.39 is 12.1 Å². The van der Waals surface area contributed by atoms with Crippen LogP contribution in [-0.4, -0.2) is 51.5 Å². The summed E-state index contributed by atoms with van der Waals surface area (Å²) in [5.41, 5.74) is 5.09. The van der Waals surface area contributed by atoms with E-state index in [0.717, 1.165) is 6.42 Å². The van der Waals surface area contributed by atoms with Gasteiger partial charge in [0, 0.05) is 33.4 Å². The molecule has 0 aliphatic rings. The van der Waals surface area contributed by atoms with Gasteiger partial charge in [-0.25, -0.2) is 0 Å². The van der Waals surface area contributed by atoms with Gasteiger partial charge in [-0.3, -0.25) is 0 Å². The fourth-order valence-electron chi connectivity index (χ4n) is 1.26. The lowest BCUT2D eigenvalue weighted by atomic mass is 10.1. The molecule has 15 heavy (non-hydrogen) atoms. The highest BCUT2D eigenvalue weighted by molar-refractivity contribution is 4.71. The lowest BCUT2D eigenvalue weighted by Crippen LogP contribution is -2.39. The molecule has 0 saturated carbocycles. The Morgan fingerprint density at radius 1 is 1.40 bits per heavy atom. The third-order valence-corrected chi connectivity index (χ3v) is 2.17. The van der Waals surface area contributed by atoms with Crippen LogP contribution >= 0.6 is 0 Å². The molecule has 0 radical (unpaired) electrons. The zero-order valence-corrected chi connectivity index (χ0v) is 9.18. The molecule has 0 amide bonds. The van der Waals surface area contributed by atoms with Gasteiger partial charge in [0.2, 0.25) is 0 Å². The van der Waals surface area contributed by atoms with E-state index in [1.165, 1.54) is 0 Å². The molecule has 3 nitrogen and oxygen atoms in total. The number of rotatable bonds is 7. The first-order valence-corrected chi connectivity index (χ1v) is 4.86. The summed E-state index contributed by atoms with van der Waals surface area (Å²) in [6.07, 6.45) is -3.48. The van der Waals surface area contributed by atoms with E-state index >= 15 is 0 Å². The van der Waals surface area contributed by atoms with Gasteiger partial charge in [-0.15, -0.1) is 0 Å². The quantitative estimate of drug-likeness (QED) is 0.663. The van der Waals surface area contributed by atoms with Crippen LogP contribution in [0, 0.1) is 5.92 Å². The molecule has 0 spiro atoms. The molecule has 0 bridgehead atoms. The normalized spacial score (nSPS) is 14.6. The van der Waals surface area contributed by atoms with Crippen molar-refractivity contribution in [1.29, 1.82) is 0 Å². The topological polar surface area (TPSA) is 38.5 Å². The molecular formula is C9H19F3N2O. The van der Waals surface area contributed by atoms with Gasteiger partial charge in [-0.2, -0.15) is 13.2 Å². The number of alkyl halides is 3. The van der Waals surface area contributed by atoms with Crippen LogP contribution in [0.25, 0.3) is 0 Å². The first-order valence-electron chi connectivity index (χ1n) is 4.86. The fourth-order valence-corrected chi connectivity index (χ4v) is 1.26. The zero-order valence-electron chi connectivity index (χ0n) is 9.18. The van der Waals surface area contributed by atoms with E-state index in [1.807, 2.05) is 0 Å². The Kier molecular flexibility index (Phi) is 6.87. The summed E-state index contributed by atoms with van der Waals surface area (Å²) in [7, 11) is 3.22. The summed E-state index contributed by atoms with van der Waals surface area (Å²) in [4.78, 5) is 1.63. The van der Waals surface area contributed by atoms with Crippen molar-refractivity contribution in [3.8, 4) is 0 Å². The van der Waals surface area contributed by atoms with Crippen molar-refractivity contribution in [2.45, 2.75) is 12.6 Å². The lowest BCUT2D eigenvalue weighted by molar-refractivity contribution is -0.175. The Labute approximate surface area is 88.4 Å². The highest BCUT2D eigenvalue weighted by Gasteiger charge is 2.38. The van der Waals surface area contributed by atoms with Crippen LogP contribution in [0.5, 0.6) is 0 Å². The molecule has 2 N–H and O–H groups in total. The predicted molar refractivity (Wildman–Crippen MR) is 52.6 cm³/mol. The van der Waals surface area contributed by atoms with E-state index in [-0.39, 0.29) is 13.1 Å². The Balaban J connectivity index is 3.86. The molecule has 0 fully saturated rings. The molecule has 0 aliphatic heterocycles. The minimum absolute atomic E-state index is 0.0519. The molecule has 0 aromatic rings. The molecule has 0 aliphatic carbocycles. The number of nitrogens with two attached hydrogens (primary N) is 1. The number of halogens is 3. The summed E-state index contributed by atoms with van der Waals surface area (Å²) in [6.45, 7) is 0.728. The smallest absolute Gasteiger partial charge is 0.385 e. The molecular weight excluding hydrogens is 209 g/mol. The SMILES string of the molecule is COCCCN(C)CC(CN)C(F)(F)F. The van der Waals surface area contributed by atoms with E-state index in [2.05, 4.69) is 0 Å². The highest BCUT2D eigenvalue weighted by atomic mass is 19.4. The van der Waals surface area contributed by atoms with Crippen LogP contribution in [-0.2, 0) is 4.74 Å². The van der Waals surface area contributed by atoms with Crippen molar-refractivity contribution < 1.29 is 17.9 Å². The number of hydrogen-bond acceptors (Lipinski definition) is 3. The minimum Gasteiger partial charge on any atom is -0.385 e. The van der Waals surface area contributed by atoms with Gasteiger partial charge in [0.05, 0.1) is 5.92 Å². The van der Waals surface area contributed by atoms with Crippen molar-refractivity contribution in [3.05, 3.63) is 0 Å². The Bertz CT molecular complexity index is 164. The van der Waals surface area contributed by atoms with Crippen LogP contribution in [0.1, 0.15) is 6.42 Å². The highest BCUT2D eigenvalue weighted by Crippen LogP contribution is 2.25. The van der Waals surface area contributed by atoms with Crippen LogP contribution in [0.4, 0.5) is 13.2 Å². The van der Waals surface area contributed by atoms with E-state index in [4.69, 9.17) is 10.5 Å². The standard InChI is InChI=1S/C9H19F3N2O/c1-14(4-3-5-15-2)7-8(6-13)9(10,11)12/h8H,3-7,13H2,1-2H3. The van der Waals surface area contributed by atoms with Crippen molar-refractivity contribution in [1.82, 2.24) is 4.90 Å². The summed E-state index contributed by atoms with van der Waals surface area (Å²) in [6, 6.07) is 0. The summed E-state index contributed by atoms with van der Waals surface area (Å²) >= 11 is 0. The Morgan fingerprint density at radius 3 is 2.40 bits per heavy atom. The van der Waals surface area contributed by atoms with Crippen LogP contribution in [0.15, 0.2) is 0 Å². The maximum Gasteiger partial charge on any atom is 0.394 e. The first-order chi connectivity index (χ1) is 6.91. The fraction of sp³-hybridized carbons (Fsp3) is 1.00. The molecule has 0 saturated heterocycles. The first kappa shape index (κ1) is 14.7. The van der Waals surface area contributed by atoms with Gasteiger partial charge in [-0.1, -0.05) is 0 Å². The predicted octanol–water partition coefficient (Wildman–Crippen LogP) is 1.09. The Hall–Kier alpha value is -0.330. The molecule has 6 heteroatoms. The number of methoxy groups -OCH3 is 1. The average Bonchev–Trinajstić information content (AvgIpc) is 2.12. The largest absolute Gasteiger partial charge is 0.394 e. The second-order valence-corrected chi connectivity index (χ2v) is 3.58. The molecule has 1 atom stereocenters. The van der Waals surface area contributed by atoms with Gasteiger partial charge in [0.15, 0.2) is 0 Å². The van der Waals surface area contributed by atoms with Gasteiger partial charge in [0.25, 0.3) is 0 Å².